The maximum absolute atomic E-state index is 4.49. The van der Waals surface area contributed by atoms with Gasteiger partial charge in [-0.1, -0.05) is 6.92 Å². The van der Waals surface area contributed by atoms with E-state index in [1.165, 1.54) is 38.4 Å². The minimum Gasteiger partial charge on any atom is -0.356 e. The molecule has 2 N–H and O–H groups in total. The number of rotatable bonds is 8. The molecule has 0 atom stereocenters. The first-order valence-electron chi connectivity index (χ1n) is 9.52. The van der Waals surface area contributed by atoms with Gasteiger partial charge < -0.3 is 15.5 Å². The van der Waals surface area contributed by atoms with Gasteiger partial charge in [0.1, 0.15) is 0 Å². The van der Waals surface area contributed by atoms with Crippen LogP contribution in [0.2, 0.25) is 0 Å². The molecule has 2 rings (SSSR count). The first-order valence-corrected chi connectivity index (χ1v) is 9.52. The van der Waals surface area contributed by atoms with Crippen LogP contribution >= 0.6 is 0 Å². The van der Waals surface area contributed by atoms with Crippen LogP contribution in [0.25, 0.3) is 0 Å². The molecule has 142 valence electrons. The number of nitrogens with one attached hydrogen (secondary N) is 2. The maximum Gasteiger partial charge on any atom is 0.191 e. The molecule has 7 nitrogen and oxygen atoms in total. The highest BCUT2D eigenvalue weighted by molar-refractivity contribution is 5.79. The number of hydrogen-bond acceptors (Lipinski definition) is 4. The number of aromatic nitrogens is 2. The van der Waals surface area contributed by atoms with E-state index in [0.29, 0.717) is 0 Å². The maximum atomic E-state index is 4.49. The van der Waals surface area contributed by atoms with E-state index < -0.39 is 0 Å². The molecule has 0 aliphatic carbocycles. The van der Waals surface area contributed by atoms with Gasteiger partial charge in [0.2, 0.25) is 0 Å². The molecule has 0 spiro atoms. The van der Waals surface area contributed by atoms with E-state index in [2.05, 4.69) is 55.1 Å². The third-order valence-electron chi connectivity index (χ3n) is 4.80. The summed E-state index contributed by atoms with van der Waals surface area (Å²) in [5, 5.41) is 11.3. The van der Waals surface area contributed by atoms with Gasteiger partial charge in [-0.2, -0.15) is 5.10 Å². The number of likely N-dealkylation sites (N-methyl/N-ethyl adjacent to an activating group) is 1. The fraction of sp³-hybridized carbons (Fsp3) is 0.778. The van der Waals surface area contributed by atoms with Crippen LogP contribution in [0.15, 0.2) is 11.1 Å². The molecule has 1 fully saturated rings. The molecule has 0 bridgehead atoms. The Bertz CT molecular complexity index is 530. The lowest BCUT2D eigenvalue weighted by molar-refractivity contribution is 0.139. The average Bonchev–Trinajstić information content (AvgIpc) is 2.95. The van der Waals surface area contributed by atoms with Crippen LogP contribution in [0.4, 0.5) is 0 Å². The Balaban J connectivity index is 1.57. The van der Waals surface area contributed by atoms with Crippen molar-refractivity contribution in [3.8, 4) is 0 Å². The van der Waals surface area contributed by atoms with Crippen molar-refractivity contribution in [3.05, 3.63) is 17.5 Å². The van der Waals surface area contributed by atoms with Crippen LogP contribution in [0, 0.1) is 13.8 Å². The normalized spacial score (nSPS) is 17.0. The zero-order chi connectivity index (χ0) is 18.1. The molecule has 0 saturated carbocycles. The number of piperazine rings is 1. The summed E-state index contributed by atoms with van der Waals surface area (Å²) in [6.45, 7) is 16.1. The summed E-state index contributed by atoms with van der Waals surface area (Å²) in [5.41, 5.74) is 2.31. The Morgan fingerprint density at radius 3 is 2.36 bits per heavy atom. The minimum absolute atomic E-state index is 0.889. The monoisotopic (exact) mass is 349 g/mol. The highest BCUT2D eigenvalue weighted by Gasteiger charge is 2.14. The van der Waals surface area contributed by atoms with Crippen molar-refractivity contribution >= 4 is 5.96 Å². The lowest BCUT2D eigenvalue weighted by atomic mass is 10.3. The van der Waals surface area contributed by atoms with Crippen LogP contribution in [-0.2, 0) is 6.54 Å². The summed E-state index contributed by atoms with van der Waals surface area (Å²) in [6.07, 6.45) is 1.03. The second kappa shape index (κ2) is 10.4. The quantitative estimate of drug-likeness (QED) is 0.411. The zero-order valence-corrected chi connectivity index (χ0v) is 16.4. The Morgan fingerprint density at radius 2 is 1.76 bits per heavy atom. The topological polar surface area (TPSA) is 60.7 Å². The van der Waals surface area contributed by atoms with Gasteiger partial charge in [0.25, 0.3) is 0 Å². The van der Waals surface area contributed by atoms with Crippen LogP contribution in [-0.4, -0.2) is 84.9 Å². The second-order valence-corrected chi connectivity index (χ2v) is 6.71. The molecule has 1 aromatic heterocycles. The van der Waals surface area contributed by atoms with Crippen molar-refractivity contribution in [2.75, 3.05) is 59.4 Å². The second-order valence-electron chi connectivity index (χ2n) is 6.71. The summed E-state index contributed by atoms with van der Waals surface area (Å²) < 4.78 is 2.07. The number of aliphatic imine (C=N–C) groups is 1. The van der Waals surface area contributed by atoms with Crippen molar-refractivity contribution < 1.29 is 0 Å². The van der Waals surface area contributed by atoms with E-state index in [9.17, 15) is 0 Å². The third kappa shape index (κ3) is 6.66. The Kier molecular flexibility index (Phi) is 8.21. The van der Waals surface area contributed by atoms with Crippen LogP contribution < -0.4 is 10.6 Å². The number of hydrogen-bond donors (Lipinski definition) is 2. The lowest BCUT2D eigenvalue weighted by Crippen LogP contribution is -2.49. The molecular formula is C18H35N7. The average molecular weight is 350 g/mol. The van der Waals surface area contributed by atoms with Gasteiger partial charge in [0, 0.05) is 65.1 Å². The third-order valence-corrected chi connectivity index (χ3v) is 4.80. The van der Waals surface area contributed by atoms with Gasteiger partial charge in [-0.05, 0) is 32.9 Å². The molecule has 25 heavy (non-hydrogen) atoms. The van der Waals surface area contributed by atoms with Gasteiger partial charge in [-0.15, -0.1) is 0 Å². The highest BCUT2D eigenvalue weighted by Crippen LogP contribution is 2.02. The summed E-state index contributed by atoms with van der Waals surface area (Å²) in [6, 6.07) is 2.12. The number of guanidine groups is 1. The standard InChI is InChI=1S/C18H35N7/c1-5-23-11-13-24(14-12-23)10-8-21-18(19-4)20-7-6-9-25-17(3)15-16(2)22-25/h15H,5-14H2,1-4H3,(H2,19,20,21). The first kappa shape index (κ1) is 19.7. The van der Waals surface area contributed by atoms with Crippen LogP contribution in [0.5, 0.6) is 0 Å². The Hall–Kier alpha value is -1.60. The van der Waals surface area contributed by atoms with Crippen molar-refractivity contribution in [1.82, 2.24) is 30.2 Å². The zero-order valence-electron chi connectivity index (χ0n) is 16.4. The van der Waals surface area contributed by atoms with Crippen LogP contribution in [0.3, 0.4) is 0 Å². The molecular weight excluding hydrogens is 314 g/mol. The van der Waals surface area contributed by atoms with Gasteiger partial charge in [0.15, 0.2) is 5.96 Å². The van der Waals surface area contributed by atoms with Crippen molar-refractivity contribution in [3.63, 3.8) is 0 Å². The SMILES string of the molecule is CCN1CCN(CCNC(=NC)NCCCn2nc(C)cc2C)CC1. The van der Waals surface area contributed by atoms with Crippen molar-refractivity contribution in [2.24, 2.45) is 4.99 Å². The molecule has 0 aromatic carbocycles. The van der Waals surface area contributed by atoms with Gasteiger partial charge >= 0.3 is 0 Å². The molecule has 1 aliphatic rings. The largest absolute Gasteiger partial charge is 0.356 e. The van der Waals surface area contributed by atoms with Gasteiger partial charge in [0.05, 0.1) is 5.69 Å². The fourth-order valence-electron chi connectivity index (χ4n) is 3.22. The van der Waals surface area contributed by atoms with E-state index in [-0.39, 0.29) is 0 Å². The highest BCUT2D eigenvalue weighted by atomic mass is 15.3. The molecule has 0 unspecified atom stereocenters. The minimum atomic E-state index is 0.889. The fourth-order valence-corrected chi connectivity index (χ4v) is 3.22. The number of aryl methyl sites for hydroxylation is 3. The summed E-state index contributed by atoms with van der Waals surface area (Å²) in [5.74, 6) is 0.889. The van der Waals surface area contributed by atoms with Crippen molar-refractivity contribution in [2.45, 2.75) is 33.7 Å². The predicted molar refractivity (Wildman–Crippen MR) is 104 cm³/mol. The van der Waals surface area contributed by atoms with E-state index in [1.807, 2.05) is 14.0 Å². The lowest BCUT2D eigenvalue weighted by Gasteiger charge is -2.34. The molecule has 1 aromatic rings. The first-order chi connectivity index (χ1) is 12.1. The Morgan fingerprint density at radius 1 is 1.08 bits per heavy atom. The molecule has 1 aliphatic heterocycles. The summed E-state index contributed by atoms with van der Waals surface area (Å²) in [7, 11) is 1.83. The molecule has 0 radical (unpaired) electrons. The van der Waals surface area contributed by atoms with Crippen LogP contribution in [0.1, 0.15) is 24.7 Å². The molecule has 0 amide bonds. The van der Waals surface area contributed by atoms with E-state index in [0.717, 1.165) is 44.3 Å². The van der Waals surface area contributed by atoms with Crippen molar-refractivity contribution in [1.29, 1.82) is 0 Å². The predicted octanol–water partition coefficient (Wildman–Crippen LogP) is 0.693. The Labute approximate surface area is 152 Å². The summed E-state index contributed by atoms with van der Waals surface area (Å²) >= 11 is 0. The smallest absolute Gasteiger partial charge is 0.191 e. The van der Waals surface area contributed by atoms with E-state index in [1.54, 1.807) is 0 Å². The van der Waals surface area contributed by atoms with Gasteiger partial charge in [-0.25, -0.2) is 0 Å². The molecule has 7 heteroatoms. The molecule has 2 heterocycles. The van der Waals surface area contributed by atoms with Gasteiger partial charge in [-0.3, -0.25) is 14.6 Å². The van der Waals surface area contributed by atoms with E-state index >= 15 is 0 Å². The number of nitrogens with zero attached hydrogens (tertiary/aromatic N) is 5. The van der Waals surface area contributed by atoms with E-state index in [4.69, 9.17) is 0 Å². The summed E-state index contributed by atoms with van der Waals surface area (Å²) in [4.78, 5) is 9.34. The molecule has 1 saturated heterocycles.